The first kappa shape index (κ1) is 17.9. The van der Waals surface area contributed by atoms with E-state index in [2.05, 4.69) is 21.2 Å². The zero-order chi connectivity index (χ0) is 18.1. The van der Waals surface area contributed by atoms with Gasteiger partial charge in [0.15, 0.2) is 0 Å². The second-order valence-corrected chi connectivity index (χ2v) is 7.77. The molecule has 3 rings (SSSR count). The molecule has 0 unspecified atom stereocenters. The first-order valence-electron chi connectivity index (χ1n) is 7.43. The van der Waals surface area contributed by atoms with E-state index in [-0.39, 0.29) is 18.0 Å². The fraction of sp³-hybridized carbons (Fsp3) is 0.111. The van der Waals surface area contributed by atoms with E-state index < -0.39 is 11.9 Å². The lowest BCUT2D eigenvalue weighted by Crippen LogP contribution is -2.30. The van der Waals surface area contributed by atoms with Gasteiger partial charge in [-0.1, -0.05) is 45.8 Å². The number of phenolic OH excluding ortho intramolecular Hbond substituents is 1. The average molecular weight is 513 g/mol. The van der Waals surface area contributed by atoms with Crippen molar-refractivity contribution in [1.29, 1.82) is 0 Å². The Hall–Kier alpha value is -1.87. The van der Waals surface area contributed by atoms with Crippen molar-refractivity contribution in [3.63, 3.8) is 0 Å². The number of halogens is 2. The molecule has 0 atom stereocenters. The van der Waals surface area contributed by atoms with Crippen molar-refractivity contribution in [2.24, 2.45) is 0 Å². The third-order valence-electron chi connectivity index (χ3n) is 3.78. The number of aromatic hydroxyl groups is 1. The molecule has 0 spiro atoms. The summed E-state index contributed by atoms with van der Waals surface area (Å²) in [4.78, 5) is 25.9. The number of hydrogen-bond donors (Lipinski definition) is 2. The summed E-state index contributed by atoms with van der Waals surface area (Å²) in [6.07, 6.45) is 1.48. The summed E-state index contributed by atoms with van der Waals surface area (Å²) in [6.45, 7) is 2.18. The van der Waals surface area contributed by atoms with Gasteiger partial charge in [0.1, 0.15) is 11.4 Å². The van der Waals surface area contributed by atoms with E-state index >= 15 is 0 Å². The van der Waals surface area contributed by atoms with Crippen LogP contribution in [0, 0.1) is 10.5 Å². The second kappa shape index (κ2) is 7.17. The summed E-state index contributed by atoms with van der Waals surface area (Å²) in [6, 6.07) is 10.6. The molecule has 1 fully saturated rings. The zero-order valence-electron chi connectivity index (χ0n) is 13.2. The third kappa shape index (κ3) is 3.87. The third-order valence-corrected chi connectivity index (χ3v) is 5.06. The Kier molecular flexibility index (Phi) is 5.14. The van der Waals surface area contributed by atoms with Gasteiger partial charge in [-0.2, -0.15) is 0 Å². The van der Waals surface area contributed by atoms with Gasteiger partial charge in [0.2, 0.25) is 0 Å². The van der Waals surface area contributed by atoms with Crippen molar-refractivity contribution in [2.45, 2.75) is 13.5 Å². The lowest BCUT2D eigenvalue weighted by atomic mass is 10.1. The fourth-order valence-electron chi connectivity index (χ4n) is 2.44. The normalized spacial score (nSPS) is 15.8. The monoisotopic (exact) mass is 512 g/mol. The summed E-state index contributed by atoms with van der Waals surface area (Å²) in [5.41, 5.74) is 2.58. The molecule has 1 aliphatic heterocycles. The minimum Gasteiger partial charge on any atom is -0.506 e. The number of nitrogens with one attached hydrogen (secondary N) is 1. The van der Waals surface area contributed by atoms with Gasteiger partial charge in [-0.15, -0.1) is 0 Å². The summed E-state index contributed by atoms with van der Waals surface area (Å²) in [5.74, 6) is -0.352. The molecule has 2 aromatic carbocycles. The van der Waals surface area contributed by atoms with Crippen molar-refractivity contribution in [3.05, 3.63) is 66.8 Å². The molecule has 0 radical (unpaired) electrons. The van der Waals surface area contributed by atoms with Crippen molar-refractivity contribution in [1.82, 2.24) is 10.2 Å². The highest BCUT2D eigenvalue weighted by molar-refractivity contribution is 14.1. The number of amides is 3. The molecule has 7 heteroatoms. The van der Waals surface area contributed by atoms with E-state index in [9.17, 15) is 14.7 Å². The molecule has 5 nitrogen and oxygen atoms in total. The molecular weight excluding hydrogens is 499 g/mol. The summed E-state index contributed by atoms with van der Waals surface area (Å²) >= 11 is 5.36. The predicted octanol–water partition coefficient (Wildman–Crippen LogP) is 4.16. The fourth-order valence-corrected chi connectivity index (χ4v) is 3.99. The molecule has 0 aliphatic carbocycles. The SMILES string of the molecule is Cc1ccc(CN2C(=O)N/C(=C\c3cc(Br)cc(I)c3O)C2=O)cc1. The number of imide groups is 1. The van der Waals surface area contributed by atoms with Gasteiger partial charge in [0.25, 0.3) is 5.91 Å². The number of rotatable bonds is 3. The van der Waals surface area contributed by atoms with Crippen LogP contribution in [0.5, 0.6) is 5.75 Å². The van der Waals surface area contributed by atoms with Crippen LogP contribution in [-0.4, -0.2) is 21.9 Å². The molecule has 0 saturated carbocycles. The van der Waals surface area contributed by atoms with Crippen LogP contribution in [0.25, 0.3) is 6.08 Å². The Balaban J connectivity index is 1.87. The van der Waals surface area contributed by atoms with Crippen molar-refractivity contribution >= 4 is 56.5 Å². The van der Waals surface area contributed by atoms with Crippen LogP contribution in [0.1, 0.15) is 16.7 Å². The highest BCUT2D eigenvalue weighted by atomic mass is 127. The average Bonchev–Trinajstić information content (AvgIpc) is 2.81. The Morgan fingerprint density at radius 3 is 2.60 bits per heavy atom. The minimum absolute atomic E-state index is 0.0651. The number of nitrogens with zero attached hydrogens (tertiary/aromatic N) is 1. The lowest BCUT2D eigenvalue weighted by Gasteiger charge is -2.11. The Bertz CT molecular complexity index is 894. The van der Waals surface area contributed by atoms with Crippen molar-refractivity contribution in [3.8, 4) is 5.75 Å². The molecule has 0 aromatic heterocycles. The van der Waals surface area contributed by atoms with Crippen LogP contribution < -0.4 is 5.32 Å². The quantitative estimate of drug-likeness (QED) is 0.368. The number of hydrogen-bond acceptors (Lipinski definition) is 3. The molecule has 25 heavy (non-hydrogen) atoms. The maximum Gasteiger partial charge on any atom is 0.329 e. The number of aryl methyl sites for hydroxylation is 1. The number of benzene rings is 2. The molecule has 2 N–H and O–H groups in total. The minimum atomic E-state index is -0.471. The van der Waals surface area contributed by atoms with Gasteiger partial charge >= 0.3 is 6.03 Å². The van der Waals surface area contributed by atoms with Crippen LogP contribution >= 0.6 is 38.5 Å². The molecule has 1 heterocycles. The molecule has 1 aliphatic rings. The van der Waals surface area contributed by atoms with E-state index in [0.717, 1.165) is 20.5 Å². The first-order chi connectivity index (χ1) is 11.8. The molecule has 128 valence electrons. The second-order valence-electron chi connectivity index (χ2n) is 5.69. The van der Waals surface area contributed by atoms with Gasteiger partial charge in [-0.25, -0.2) is 4.79 Å². The van der Waals surface area contributed by atoms with Crippen LogP contribution in [-0.2, 0) is 11.3 Å². The van der Waals surface area contributed by atoms with Crippen LogP contribution in [0.2, 0.25) is 0 Å². The highest BCUT2D eigenvalue weighted by Gasteiger charge is 2.33. The summed E-state index contributed by atoms with van der Waals surface area (Å²) in [5, 5.41) is 12.7. The van der Waals surface area contributed by atoms with Gasteiger partial charge in [-0.3, -0.25) is 9.69 Å². The van der Waals surface area contributed by atoms with Gasteiger partial charge in [0, 0.05) is 10.0 Å². The highest BCUT2D eigenvalue weighted by Crippen LogP contribution is 2.30. The Morgan fingerprint density at radius 2 is 1.92 bits per heavy atom. The van der Waals surface area contributed by atoms with Crippen molar-refractivity contribution < 1.29 is 14.7 Å². The first-order valence-corrected chi connectivity index (χ1v) is 9.30. The largest absolute Gasteiger partial charge is 0.506 e. The van der Waals surface area contributed by atoms with Gasteiger partial charge < -0.3 is 10.4 Å². The zero-order valence-corrected chi connectivity index (χ0v) is 17.0. The smallest absolute Gasteiger partial charge is 0.329 e. The molecular formula is C18H14BrIN2O3. The molecule has 2 aromatic rings. The van der Waals surface area contributed by atoms with Crippen LogP contribution in [0.4, 0.5) is 4.79 Å². The van der Waals surface area contributed by atoms with E-state index in [4.69, 9.17) is 0 Å². The van der Waals surface area contributed by atoms with E-state index in [1.807, 2.05) is 53.8 Å². The number of urea groups is 1. The van der Waals surface area contributed by atoms with E-state index in [1.165, 1.54) is 6.08 Å². The maximum absolute atomic E-state index is 12.6. The van der Waals surface area contributed by atoms with Crippen LogP contribution in [0.3, 0.4) is 0 Å². The Labute approximate surface area is 167 Å². The van der Waals surface area contributed by atoms with Crippen LogP contribution in [0.15, 0.2) is 46.6 Å². The maximum atomic E-state index is 12.6. The molecule has 1 saturated heterocycles. The van der Waals surface area contributed by atoms with Crippen molar-refractivity contribution in [2.75, 3.05) is 0 Å². The van der Waals surface area contributed by atoms with E-state index in [0.29, 0.717) is 9.13 Å². The van der Waals surface area contributed by atoms with Gasteiger partial charge in [-0.05, 0) is 53.3 Å². The standard InChI is InChI=1S/C18H14BrIN2O3/c1-10-2-4-11(5-3-10)9-22-17(24)15(21-18(22)25)7-12-6-13(19)8-14(20)16(12)23/h2-8,23H,9H2,1H3,(H,21,25)/b15-7-. The summed E-state index contributed by atoms with van der Waals surface area (Å²) in [7, 11) is 0. The topological polar surface area (TPSA) is 69.6 Å². The summed E-state index contributed by atoms with van der Waals surface area (Å²) < 4.78 is 1.42. The van der Waals surface area contributed by atoms with E-state index in [1.54, 1.807) is 12.1 Å². The van der Waals surface area contributed by atoms with Gasteiger partial charge in [0.05, 0.1) is 10.1 Å². The lowest BCUT2D eigenvalue weighted by molar-refractivity contribution is -0.123. The number of carbonyl (C=O) groups excluding carboxylic acids is 2. The number of phenols is 1. The molecule has 0 bridgehead atoms. The Morgan fingerprint density at radius 1 is 1.24 bits per heavy atom. The molecule has 3 amide bonds. The predicted molar refractivity (Wildman–Crippen MR) is 107 cm³/mol. The number of carbonyl (C=O) groups is 2.